The Balaban J connectivity index is 3.87. The van der Waals surface area contributed by atoms with Crippen molar-refractivity contribution < 1.29 is 41.0 Å². The molecule has 0 aromatic carbocycles. The third-order valence-electron chi connectivity index (χ3n) is 1.10. The van der Waals surface area contributed by atoms with Gasteiger partial charge in [0.2, 0.25) is 0 Å². The van der Waals surface area contributed by atoms with E-state index in [0.717, 1.165) is 0 Å². The molecule has 9 heteroatoms. The number of hydrogen-bond acceptors (Lipinski definition) is 4. The maximum atomic E-state index is 12.6. The van der Waals surface area contributed by atoms with E-state index in [4.69, 9.17) is 0 Å². The Labute approximate surface area is 87.3 Å². The van der Waals surface area contributed by atoms with E-state index in [1.54, 1.807) is 0 Å². The normalized spacial score (nSPS) is 12.6. The van der Waals surface area contributed by atoms with Gasteiger partial charge in [0.15, 0.2) is 6.79 Å². The second kappa shape index (κ2) is 5.94. The average Bonchev–Trinajstić information content (AvgIpc) is 2.11. The first kappa shape index (κ1) is 15.0. The molecule has 96 valence electrons. The first-order valence-electron chi connectivity index (χ1n) is 4.02. The molecule has 0 bridgehead atoms. The van der Waals surface area contributed by atoms with Gasteiger partial charge in [-0.25, -0.2) is 4.79 Å². The summed E-state index contributed by atoms with van der Waals surface area (Å²) in [5.41, 5.74) is 0. The number of esters is 1. The Kier molecular flexibility index (Phi) is 5.59. The predicted molar refractivity (Wildman–Crippen MR) is 39.5 cm³/mol. The first-order valence-corrected chi connectivity index (χ1v) is 4.02. The van der Waals surface area contributed by atoms with Crippen molar-refractivity contribution in [3.8, 4) is 0 Å². The van der Waals surface area contributed by atoms with Crippen molar-refractivity contribution in [2.45, 2.75) is 19.2 Å². The zero-order valence-corrected chi connectivity index (χ0v) is 8.14. The van der Waals surface area contributed by atoms with E-state index in [9.17, 15) is 26.7 Å². The molecule has 0 aromatic rings. The van der Waals surface area contributed by atoms with Crippen LogP contribution in [0.3, 0.4) is 0 Å². The number of rotatable bonds is 6. The summed E-state index contributed by atoms with van der Waals surface area (Å²) in [7, 11) is 0. The maximum Gasteiger partial charge on any atom is 0.458 e. The van der Waals surface area contributed by atoms with Crippen LogP contribution < -0.4 is 0 Å². The van der Waals surface area contributed by atoms with Crippen LogP contribution in [0.1, 0.15) is 6.92 Å². The molecule has 0 saturated heterocycles. The first-order chi connectivity index (χ1) is 7.19. The molecule has 0 fully saturated rings. The molecular weight excluding hydrogens is 243 g/mol. The number of carbonyl (C=O) groups excluding carboxylic acids is 1. The summed E-state index contributed by atoms with van der Waals surface area (Å²) in [6.45, 7) is -2.13. The molecule has 16 heavy (non-hydrogen) atoms. The summed E-state index contributed by atoms with van der Waals surface area (Å²) in [6.07, 6.45) is -8.97. The van der Waals surface area contributed by atoms with Gasteiger partial charge in [-0.3, -0.25) is 4.74 Å². The summed E-state index contributed by atoms with van der Waals surface area (Å²) in [4.78, 5) is 10.5. The Hall–Kier alpha value is -0.960. The van der Waals surface area contributed by atoms with Crippen LogP contribution >= 0.6 is 0 Å². The molecule has 0 saturated carbocycles. The number of carbonyl (C=O) groups is 1. The van der Waals surface area contributed by atoms with Crippen LogP contribution in [0.5, 0.6) is 0 Å². The summed E-state index contributed by atoms with van der Waals surface area (Å²) in [5.74, 6) is -1.98. The second-order valence-electron chi connectivity index (χ2n) is 2.46. The van der Waals surface area contributed by atoms with Gasteiger partial charge < -0.3 is 9.47 Å². The van der Waals surface area contributed by atoms with Crippen molar-refractivity contribution in [1.29, 1.82) is 0 Å². The van der Waals surface area contributed by atoms with E-state index in [1.807, 2.05) is 0 Å². The highest BCUT2D eigenvalue weighted by molar-refractivity contribution is 5.75. The molecule has 0 atom stereocenters. The van der Waals surface area contributed by atoms with Crippen molar-refractivity contribution >= 4 is 5.97 Å². The van der Waals surface area contributed by atoms with Gasteiger partial charge in [-0.05, 0) is 6.92 Å². The highest BCUT2D eigenvalue weighted by Crippen LogP contribution is 2.19. The SMILES string of the molecule is CCOC(=O)C(F)(F)OCOCC(F)(F)F. The van der Waals surface area contributed by atoms with Crippen LogP contribution in [0, 0.1) is 0 Å². The van der Waals surface area contributed by atoms with Crippen molar-refractivity contribution in [1.82, 2.24) is 0 Å². The molecule has 0 amide bonds. The minimum absolute atomic E-state index is 0.304. The molecule has 0 spiro atoms. The molecule has 0 N–H and O–H groups in total. The quantitative estimate of drug-likeness (QED) is 0.312. The van der Waals surface area contributed by atoms with E-state index in [2.05, 4.69) is 14.2 Å². The van der Waals surface area contributed by atoms with Gasteiger partial charge in [-0.2, -0.15) is 22.0 Å². The Morgan fingerprint density at radius 3 is 2.19 bits per heavy atom. The van der Waals surface area contributed by atoms with Crippen LogP contribution in [0.4, 0.5) is 22.0 Å². The third-order valence-corrected chi connectivity index (χ3v) is 1.10. The fourth-order valence-corrected chi connectivity index (χ4v) is 0.547. The molecule has 4 nitrogen and oxygen atoms in total. The predicted octanol–water partition coefficient (Wildman–Crippen LogP) is 1.70. The maximum absolute atomic E-state index is 12.6. The summed E-state index contributed by atoms with van der Waals surface area (Å²) >= 11 is 0. The van der Waals surface area contributed by atoms with Gasteiger partial charge >= 0.3 is 18.3 Å². The zero-order chi connectivity index (χ0) is 12.8. The molecule has 0 aliphatic heterocycles. The monoisotopic (exact) mass is 252 g/mol. The van der Waals surface area contributed by atoms with Gasteiger partial charge in [0.25, 0.3) is 0 Å². The fraction of sp³-hybridized carbons (Fsp3) is 0.857. The Morgan fingerprint density at radius 2 is 1.75 bits per heavy atom. The minimum Gasteiger partial charge on any atom is -0.460 e. The highest BCUT2D eigenvalue weighted by atomic mass is 19.4. The van der Waals surface area contributed by atoms with Crippen molar-refractivity contribution in [3.63, 3.8) is 0 Å². The van der Waals surface area contributed by atoms with E-state index in [-0.39, 0.29) is 6.61 Å². The largest absolute Gasteiger partial charge is 0.460 e. The van der Waals surface area contributed by atoms with Crippen LogP contribution in [-0.4, -0.2) is 38.3 Å². The standard InChI is InChI=1S/C7H9F5O4/c1-2-15-5(13)7(11,12)16-4-14-3-6(8,9)10/h2-4H2,1H3. The lowest BCUT2D eigenvalue weighted by molar-refractivity contribution is -0.288. The van der Waals surface area contributed by atoms with Gasteiger partial charge in [0, 0.05) is 0 Å². The van der Waals surface area contributed by atoms with E-state index >= 15 is 0 Å². The van der Waals surface area contributed by atoms with Gasteiger partial charge in [-0.15, -0.1) is 0 Å². The lowest BCUT2D eigenvalue weighted by Crippen LogP contribution is -2.35. The smallest absolute Gasteiger partial charge is 0.458 e. The Bertz CT molecular complexity index is 227. The number of halogens is 5. The van der Waals surface area contributed by atoms with Crippen LogP contribution in [0.2, 0.25) is 0 Å². The van der Waals surface area contributed by atoms with Crippen LogP contribution in [-0.2, 0) is 19.0 Å². The molecular formula is C7H9F5O4. The average molecular weight is 252 g/mol. The van der Waals surface area contributed by atoms with Crippen molar-refractivity contribution in [2.75, 3.05) is 20.0 Å². The van der Waals surface area contributed by atoms with Crippen LogP contribution in [0.15, 0.2) is 0 Å². The minimum atomic E-state index is -4.65. The van der Waals surface area contributed by atoms with Crippen LogP contribution in [0.25, 0.3) is 0 Å². The summed E-state index contributed by atoms with van der Waals surface area (Å²) in [5, 5.41) is 0. The van der Waals surface area contributed by atoms with E-state index in [1.165, 1.54) is 6.92 Å². The molecule has 0 rings (SSSR count). The lowest BCUT2D eigenvalue weighted by Gasteiger charge is -2.15. The number of alkyl halides is 5. The number of hydrogen-bond donors (Lipinski definition) is 0. The van der Waals surface area contributed by atoms with E-state index in [0.29, 0.717) is 0 Å². The van der Waals surface area contributed by atoms with Crippen molar-refractivity contribution in [2.24, 2.45) is 0 Å². The number of ether oxygens (including phenoxy) is 3. The third kappa shape index (κ3) is 6.51. The van der Waals surface area contributed by atoms with Gasteiger partial charge in [-0.1, -0.05) is 0 Å². The van der Waals surface area contributed by atoms with Gasteiger partial charge in [0.1, 0.15) is 6.61 Å². The lowest BCUT2D eigenvalue weighted by atomic mass is 10.6. The fourth-order valence-electron chi connectivity index (χ4n) is 0.547. The van der Waals surface area contributed by atoms with Gasteiger partial charge in [0.05, 0.1) is 6.61 Å². The molecule has 0 unspecified atom stereocenters. The summed E-state index contributed by atoms with van der Waals surface area (Å²) in [6, 6.07) is 0. The summed E-state index contributed by atoms with van der Waals surface area (Å²) < 4.78 is 70.8. The molecule has 0 aromatic heterocycles. The molecule has 0 aliphatic rings. The van der Waals surface area contributed by atoms with Crippen molar-refractivity contribution in [3.05, 3.63) is 0 Å². The second-order valence-corrected chi connectivity index (χ2v) is 2.46. The highest BCUT2D eigenvalue weighted by Gasteiger charge is 2.42. The topological polar surface area (TPSA) is 44.8 Å². The van der Waals surface area contributed by atoms with E-state index < -0.39 is 31.7 Å². The zero-order valence-electron chi connectivity index (χ0n) is 8.14. The molecule has 0 aliphatic carbocycles. The molecule has 0 heterocycles. The Morgan fingerprint density at radius 1 is 1.19 bits per heavy atom. The molecule has 0 radical (unpaired) electrons.